The molecular weight excluding hydrogens is 512 g/mol. The summed E-state index contributed by atoms with van der Waals surface area (Å²) in [6.07, 6.45) is 10.3. The molecule has 1 N–H and O–H groups in total. The molecule has 6 rings (SSSR count). The van der Waals surface area contributed by atoms with E-state index in [0.717, 1.165) is 41.3 Å². The topological polar surface area (TPSA) is 105 Å². The second-order valence-corrected chi connectivity index (χ2v) is 9.75. The largest absolute Gasteiger partial charge is 0.346 e. The molecule has 0 radical (unpaired) electrons. The van der Waals surface area contributed by atoms with Gasteiger partial charge in [0, 0.05) is 41.5 Å². The van der Waals surface area contributed by atoms with Crippen molar-refractivity contribution < 1.29 is 4.79 Å². The van der Waals surface area contributed by atoms with E-state index in [0.29, 0.717) is 11.6 Å². The Morgan fingerprint density at radius 1 is 1.05 bits per heavy atom. The summed E-state index contributed by atoms with van der Waals surface area (Å²) in [6, 6.07) is 21.2. The lowest BCUT2D eigenvalue weighted by atomic mass is 9.83. The monoisotopic (exact) mass is 536 g/mol. The van der Waals surface area contributed by atoms with E-state index in [1.807, 2.05) is 53.6 Å². The number of piperidine rings is 1. The quantitative estimate of drug-likeness (QED) is 0.297. The summed E-state index contributed by atoms with van der Waals surface area (Å²) in [5.74, 6) is 0.713. The number of likely N-dealkylation sites (tertiary alicyclic amines) is 1. The van der Waals surface area contributed by atoms with Gasteiger partial charge in [-0.1, -0.05) is 48.0 Å². The van der Waals surface area contributed by atoms with Crippen molar-refractivity contribution in [1.82, 2.24) is 40.1 Å². The first-order chi connectivity index (χ1) is 19.2. The zero-order chi connectivity index (χ0) is 26.6. The summed E-state index contributed by atoms with van der Waals surface area (Å²) >= 11 is 6.28. The third-order valence-electron chi connectivity index (χ3n) is 6.94. The van der Waals surface area contributed by atoms with E-state index < -0.39 is 0 Å². The zero-order valence-electron chi connectivity index (χ0n) is 20.9. The third-order valence-corrected chi connectivity index (χ3v) is 7.17. The number of halogens is 1. The summed E-state index contributed by atoms with van der Waals surface area (Å²) in [7, 11) is 0. The number of benzene rings is 2. The van der Waals surface area contributed by atoms with Crippen molar-refractivity contribution in [2.75, 3.05) is 6.54 Å². The third kappa shape index (κ3) is 5.21. The molecule has 1 saturated heterocycles. The van der Waals surface area contributed by atoms with Gasteiger partial charge >= 0.3 is 0 Å². The van der Waals surface area contributed by atoms with Gasteiger partial charge in [-0.2, -0.15) is 4.68 Å². The second kappa shape index (κ2) is 11.0. The van der Waals surface area contributed by atoms with Crippen LogP contribution in [0.3, 0.4) is 0 Å². The van der Waals surface area contributed by atoms with Crippen molar-refractivity contribution in [3.63, 3.8) is 0 Å². The van der Waals surface area contributed by atoms with Crippen LogP contribution in [0.15, 0.2) is 91.5 Å². The van der Waals surface area contributed by atoms with Crippen LogP contribution in [0.25, 0.3) is 23.2 Å². The van der Waals surface area contributed by atoms with Gasteiger partial charge in [0.15, 0.2) is 0 Å². The van der Waals surface area contributed by atoms with E-state index in [9.17, 15) is 4.79 Å². The number of aromatic amines is 1. The molecule has 9 nitrogen and oxygen atoms in total. The summed E-state index contributed by atoms with van der Waals surface area (Å²) in [5, 5.41) is 12.0. The number of pyridine rings is 1. The lowest BCUT2D eigenvalue weighted by molar-refractivity contribution is -0.130. The fourth-order valence-electron chi connectivity index (χ4n) is 5.16. The molecule has 3 aromatic heterocycles. The molecule has 2 unspecified atom stereocenters. The van der Waals surface area contributed by atoms with Gasteiger partial charge in [0.2, 0.25) is 5.91 Å². The Kier molecular flexibility index (Phi) is 6.97. The fraction of sp³-hybridized carbons (Fsp3) is 0.172. The number of rotatable bonds is 6. The molecular formula is C29H25ClN8O. The Bertz CT molecular complexity index is 1580. The number of nitrogens with one attached hydrogen (secondary N) is 1. The van der Waals surface area contributed by atoms with Crippen molar-refractivity contribution >= 4 is 23.6 Å². The van der Waals surface area contributed by atoms with Crippen molar-refractivity contribution in [1.29, 1.82) is 0 Å². The van der Waals surface area contributed by atoms with Gasteiger partial charge in [-0.25, -0.2) is 4.98 Å². The number of amides is 1. The number of nitrogens with zero attached hydrogens (tertiary/aromatic N) is 7. The predicted molar refractivity (Wildman–Crippen MR) is 148 cm³/mol. The van der Waals surface area contributed by atoms with Gasteiger partial charge in [-0.3, -0.25) is 9.78 Å². The van der Waals surface area contributed by atoms with E-state index >= 15 is 0 Å². The molecule has 2 aromatic carbocycles. The van der Waals surface area contributed by atoms with Crippen molar-refractivity contribution in [2.24, 2.45) is 0 Å². The molecule has 4 heterocycles. The van der Waals surface area contributed by atoms with Crippen LogP contribution in [0.4, 0.5) is 0 Å². The first kappa shape index (κ1) is 24.7. The number of imidazole rings is 1. The molecule has 39 heavy (non-hydrogen) atoms. The van der Waals surface area contributed by atoms with Gasteiger partial charge < -0.3 is 9.88 Å². The molecule has 10 heteroatoms. The maximum atomic E-state index is 13.8. The van der Waals surface area contributed by atoms with E-state index in [-0.39, 0.29) is 17.9 Å². The van der Waals surface area contributed by atoms with Crippen LogP contribution < -0.4 is 0 Å². The highest BCUT2D eigenvalue weighted by atomic mass is 35.5. The van der Waals surface area contributed by atoms with Crippen molar-refractivity contribution in [3.8, 4) is 17.1 Å². The maximum absolute atomic E-state index is 13.8. The number of carbonyl (C=O) groups excluding carboxylic acids is 1. The Labute approximate surface area is 230 Å². The number of tetrazole rings is 1. The highest BCUT2D eigenvalue weighted by molar-refractivity contribution is 6.30. The smallest absolute Gasteiger partial charge is 0.247 e. The van der Waals surface area contributed by atoms with Gasteiger partial charge in [0.25, 0.3) is 0 Å². The normalized spacial score (nSPS) is 17.5. The SMILES string of the molecule is O=C(/C=C/c1cc(Cl)ccc1-n1cnnn1)N1CCCC(c2ccccc2)C1c1nc(-c2ccccn2)c[nH]1. The molecule has 2 atom stereocenters. The van der Waals surface area contributed by atoms with Gasteiger partial charge in [-0.15, -0.1) is 5.10 Å². The number of H-pyrrole nitrogens is 1. The minimum Gasteiger partial charge on any atom is -0.346 e. The molecule has 0 spiro atoms. The minimum atomic E-state index is -0.269. The molecule has 1 amide bonds. The number of carbonyl (C=O) groups is 1. The van der Waals surface area contributed by atoms with Crippen molar-refractivity contribution in [3.05, 3.63) is 114 Å². The summed E-state index contributed by atoms with van der Waals surface area (Å²) in [4.78, 5) is 28.4. The molecule has 0 bridgehead atoms. The Hall–Kier alpha value is -4.63. The van der Waals surface area contributed by atoms with Crippen LogP contribution in [0.5, 0.6) is 0 Å². The second-order valence-electron chi connectivity index (χ2n) is 9.31. The van der Waals surface area contributed by atoms with E-state index in [2.05, 4.69) is 37.6 Å². The highest BCUT2D eigenvalue weighted by Crippen LogP contribution is 2.42. The first-order valence-electron chi connectivity index (χ1n) is 12.7. The maximum Gasteiger partial charge on any atom is 0.247 e. The summed E-state index contributed by atoms with van der Waals surface area (Å²) < 4.78 is 1.54. The lowest BCUT2D eigenvalue weighted by Crippen LogP contribution is -2.41. The first-order valence-corrected chi connectivity index (χ1v) is 13.1. The van der Waals surface area contributed by atoms with E-state index in [4.69, 9.17) is 16.6 Å². The van der Waals surface area contributed by atoms with Crippen LogP contribution in [-0.4, -0.2) is 52.5 Å². The number of hydrogen-bond donors (Lipinski definition) is 1. The highest BCUT2D eigenvalue weighted by Gasteiger charge is 2.37. The molecule has 5 aromatic rings. The molecule has 0 aliphatic carbocycles. The lowest BCUT2D eigenvalue weighted by Gasteiger charge is -2.40. The molecule has 1 aliphatic rings. The van der Waals surface area contributed by atoms with E-state index in [1.54, 1.807) is 30.5 Å². The fourth-order valence-corrected chi connectivity index (χ4v) is 5.34. The summed E-state index contributed by atoms with van der Waals surface area (Å²) in [6.45, 7) is 0.617. The zero-order valence-corrected chi connectivity index (χ0v) is 21.7. The van der Waals surface area contributed by atoms with Crippen LogP contribution in [0.2, 0.25) is 5.02 Å². The van der Waals surface area contributed by atoms with E-state index in [1.165, 1.54) is 16.6 Å². The van der Waals surface area contributed by atoms with Crippen LogP contribution >= 0.6 is 11.6 Å². The Morgan fingerprint density at radius 3 is 2.72 bits per heavy atom. The molecule has 194 valence electrons. The minimum absolute atomic E-state index is 0.0861. The van der Waals surface area contributed by atoms with Crippen LogP contribution in [-0.2, 0) is 4.79 Å². The van der Waals surface area contributed by atoms with Gasteiger partial charge in [0.1, 0.15) is 17.8 Å². The Morgan fingerprint density at radius 2 is 1.92 bits per heavy atom. The molecule has 0 saturated carbocycles. The average molecular weight is 537 g/mol. The summed E-state index contributed by atoms with van der Waals surface area (Å²) in [5.41, 5.74) is 4.15. The Balaban J connectivity index is 1.35. The van der Waals surface area contributed by atoms with Crippen molar-refractivity contribution in [2.45, 2.75) is 24.8 Å². The standard InChI is InChI=1S/C29H25ClN8O/c30-22-12-13-26(38-19-33-35-36-38)21(17-22)11-14-27(39)37-16-6-9-23(20-7-2-1-3-8-20)28(37)29-32-18-25(34-29)24-10-4-5-15-31-24/h1-5,7-8,10-15,17-19,23,28H,6,9,16H2,(H,32,34)/b14-11+. The number of aromatic nitrogens is 7. The molecule has 1 fully saturated rings. The van der Waals surface area contributed by atoms with Gasteiger partial charge in [-0.05, 0) is 65.2 Å². The predicted octanol–water partition coefficient (Wildman–Crippen LogP) is 5.26. The average Bonchev–Trinajstić information content (AvgIpc) is 3.70. The molecule has 1 aliphatic heterocycles. The number of hydrogen-bond acceptors (Lipinski definition) is 6. The van der Waals surface area contributed by atoms with Crippen LogP contribution in [0, 0.1) is 0 Å². The van der Waals surface area contributed by atoms with Crippen LogP contribution in [0.1, 0.15) is 41.8 Å². The van der Waals surface area contributed by atoms with Gasteiger partial charge in [0.05, 0.1) is 17.4 Å².